The van der Waals surface area contributed by atoms with Gasteiger partial charge in [0.05, 0.1) is 17.7 Å². The summed E-state index contributed by atoms with van der Waals surface area (Å²) in [6, 6.07) is 11.2. The van der Waals surface area contributed by atoms with Crippen molar-refractivity contribution in [2.45, 2.75) is 43.5 Å². The third kappa shape index (κ3) is 4.12. The van der Waals surface area contributed by atoms with Crippen LogP contribution in [0.3, 0.4) is 0 Å². The Morgan fingerprint density at radius 2 is 1.81 bits per heavy atom. The van der Waals surface area contributed by atoms with Gasteiger partial charge in [-0.05, 0) is 75.2 Å². The first kappa shape index (κ1) is 19.7. The topological polar surface area (TPSA) is 58.6 Å². The number of hydrogen-bond acceptors (Lipinski definition) is 4. The van der Waals surface area contributed by atoms with Gasteiger partial charge in [-0.3, -0.25) is 4.72 Å². The van der Waals surface area contributed by atoms with Gasteiger partial charge in [0.15, 0.2) is 0 Å². The minimum absolute atomic E-state index is 0.284. The van der Waals surface area contributed by atoms with Gasteiger partial charge < -0.3 is 9.64 Å². The SMILES string of the molecule is CCc1ccc(S(=O)(=O)Nc2ccc(OC)c3c2CC[C@H](N(C)C)C3)cc1. The molecule has 0 saturated carbocycles. The van der Waals surface area contributed by atoms with Crippen LogP contribution in [-0.2, 0) is 29.3 Å². The maximum Gasteiger partial charge on any atom is 0.261 e. The highest BCUT2D eigenvalue weighted by molar-refractivity contribution is 7.92. The second kappa shape index (κ2) is 7.90. The quantitative estimate of drug-likeness (QED) is 0.823. The Hall–Kier alpha value is -2.05. The van der Waals surface area contributed by atoms with Gasteiger partial charge in [0.25, 0.3) is 10.0 Å². The molecule has 0 aromatic heterocycles. The average molecular weight is 389 g/mol. The normalized spacial score (nSPS) is 16.9. The van der Waals surface area contributed by atoms with Crippen LogP contribution in [0.2, 0.25) is 0 Å². The van der Waals surface area contributed by atoms with E-state index in [4.69, 9.17) is 4.74 Å². The van der Waals surface area contributed by atoms with Crippen molar-refractivity contribution in [3.63, 3.8) is 0 Å². The molecule has 0 radical (unpaired) electrons. The predicted octanol–water partition coefficient (Wildman–Crippen LogP) is 3.48. The summed E-state index contributed by atoms with van der Waals surface area (Å²) in [5, 5.41) is 0. The lowest BCUT2D eigenvalue weighted by Gasteiger charge is -2.32. The number of likely N-dealkylation sites (N-methyl/N-ethyl adjacent to an activating group) is 1. The highest BCUT2D eigenvalue weighted by atomic mass is 32.2. The van der Waals surface area contributed by atoms with Crippen molar-refractivity contribution in [3.05, 3.63) is 53.1 Å². The molecule has 1 atom stereocenters. The first-order valence-corrected chi connectivity index (χ1v) is 10.8. The fourth-order valence-corrected chi connectivity index (χ4v) is 4.76. The minimum Gasteiger partial charge on any atom is -0.496 e. The first-order chi connectivity index (χ1) is 12.9. The molecule has 0 bridgehead atoms. The number of methoxy groups -OCH3 is 1. The highest BCUT2D eigenvalue weighted by Gasteiger charge is 2.26. The molecule has 0 amide bonds. The Morgan fingerprint density at radius 3 is 2.41 bits per heavy atom. The number of rotatable bonds is 6. The van der Waals surface area contributed by atoms with E-state index in [1.807, 2.05) is 31.2 Å². The molecule has 0 aliphatic heterocycles. The van der Waals surface area contributed by atoms with Crippen LogP contribution in [0.1, 0.15) is 30.0 Å². The molecule has 0 spiro atoms. The number of benzene rings is 2. The van der Waals surface area contributed by atoms with E-state index in [0.29, 0.717) is 11.7 Å². The number of hydrogen-bond donors (Lipinski definition) is 1. The van der Waals surface area contributed by atoms with Gasteiger partial charge in [-0.2, -0.15) is 0 Å². The summed E-state index contributed by atoms with van der Waals surface area (Å²) in [4.78, 5) is 2.50. The van der Waals surface area contributed by atoms with Crippen molar-refractivity contribution < 1.29 is 13.2 Å². The van der Waals surface area contributed by atoms with Crippen LogP contribution in [0.25, 0.3) is 0 Å². The first-order valence-electron chi connectivity index (χ1n) is 9.32. The fourth-order valence-electron chi connectivity index (χ4n) is 3.67. The van der Waals surface area contributed by atoms with Gasteiger partial charge in [-0.25, -0.2) is 8.42 Å². The van der Waals surface area contributed by atoms with Crippen molar-refractivity contribution in [2.24, 2.45) is 0 Å². The van der Waals surface area contributed by atoms with E-state index >= 15 is 0 Å². The standard InChI is InChI=1S/C21H28N2O3S/c1-5-15-6-9-17(10-7-15)27(24,25)22-20-12-13-21(26-4)19-14-16(23(2)3)8-11-18(19)20/h6-7,9-10,12-13,16,22H,5,8,11,14H2,1-4H3/t16-/m0/s1. The number of nitrogens with one attached hydrogen (secondary N) is 1. The van der Waals surface area contributed by atoms with Crippen LogP contribution >= 0.6 is 0 Å². The predicted molar refractivity (Wildman–Crippen MR) is 109 cm³/mol. The van der Waals surface area contributed by atoms with Gasteiger partial charge in [0, 0.05) is 11.6 Å². The summed E-state index contributed by atoms with van der Waals surface area (Å²) < 4.78 is 34.1. The zero-order valence-electron chi connectivity index (χ0n) is 16.5. The summed E-state index contributed by atoms with van der Waals surface area (Å²) in [5.41, 5.74) is 3.92. The summed E-state index contributed by atoms with van der Waals surface area (Å²) in [6.45, 7) is 2.05. The Kier molecular flexibility index (Phi) is 5.77. The van der Waals surface area contributed by atoms with E-state index in [-0.39, 0.29) is 4.90 Å². The van der Waals surface area contributed by atoms with Gasteiger partial charge in [0.2, 0.25) is 0 Å². The molecular weight excluding hydrogens is 360 g/mol. The maximum atomic E-state index is 12.9. The lowest BCUT2D eigenvalue weighted by Crippen LogP contribution is -2.34. The molecule has 1 aliphatic rings. The van der Waals surface area contributed by atoms with E-state index < -0.39 is 10.0 Å². The van der Waals surface area contributed by atoms with E-state index in [1.54, 1.807) is 19.2 Å². The third-order valence-electron chi connectivity index (χ3n) is 5.39. The summed E-state index contributed by atoms with van der Waals surface area (Å²) in [6.07, 6.45) is 3.55. The largest absolute Gasteiger partial charge is 0.496 e. The van der Waals surface area contributed by atoms with Crippen LogP contribution in [0.4, 0.5) is 5.69 Å². The second-order valence-corrected chi connectivity index (χ2v) is 8.92. The van der Waals surface area contributed by atoms with Gasteiger partial charge >= 0.3 is 0 Å². The summed E-state index contributed by atoms with van der Waals surface area (Å²) in [7, 11) is 2.19. The number of aryl methyl sites for hydroxylation is 1. The second-order valence-electron chi connectivity index (χ2n) is 7.24. The molecule has 5 nitrogen and oxygen atoms in total. The van der Waals surface area contributed by atoms with E-state index in [1.165, 1.54) is 0 Å². The number of fused-ring (bicyclic) bond motifs is 1. The van der Waals surface area contributed by atoms with Crippen molar-refractivity contribution in [2.75, 3.05) is 25.9 Å². The van der Waals surface area contributed by atoms with E-state index in [0.717, 1.165) is 48.1 Å². The molecule has 1 N–H and O–H groups in total. The van der Waals surface area contributed by atoms with Crippen LogP contribution < -0.4 is 9.46 Å². The number of sulfonamides is 1. The molecule has 0 saturated heterocycles. The Balaban J connectivity index is 1.94. The summed E-state index contributed by atoms with van der Waals surface area (Å²) in [5.74, 6) is 0.826. The molecule has 0 fully saturated rings. The fraction of sp³-hybridized carbons (Fsp3) is 0.429. The molecule has 2 aromatic rings. The molecular formula is C21H28N2O3S. The van der Waals surface area contributed by atoms with Gasteiger partial charge in [-0.1, -0.05) is 19.1 Å². The van der Waals surface area contributed by atoms with Crippen molar-refractivity contribution in [1.82, 2.24) is 4.90 Å². The van der Waals surface area contributed by atoms with Crippen molar-refractivity contribution >= 4 is 15.7 Å². The van der Waals surface area contributed by atoms with Crippen LogP contribution in [0, 0.1) is 0 Å². The lowest BCUT2D eigenvalue weighted by molar-refractivity contribution is 0.265. The van der Waals surface area contributed by atoms with Crippen LogP contribution in [-0.4, -0.2) is 40.6 Å². The minimum atomic E-state index is -3.62. The van der Waals surface area contributed by atoms with Gasteiger partial charge in [-0.15, -0.1) is 0 Å². The highest BCUT2D eigenvalue weighted by Crippen LogP contribution is 2.36. The molecule has 6 heteroatoms. The zero-order chi connectivity index (χ0) is 19.6. The number of ether oxygens (including phenoxy) is 1. The molecule has 3 rings (SSSR count). The summed E-state index contributed by atoms with van der Waals surface area (Å²) >= 11 is 0. The molecule has 0 unspecified atom stereocenters. The maximum absolute atomic E-state index is 12.9. The van der Waals surface area contributed by atoms with Crippen molar-refractivity contribution in [1.29, 1.82) is 0 Å². The molecule has 27 heavy (non-hydrogen) atoms. The Bertz CT molecular complexity index is 906. The van der Waals surface area contributed by atoms with E-state index in [9.17, 15) is 8.42 Å². The molecule has 146 valence electrons. The molecule has 2 aromatic carbocycles. The van der Waals surface area contributed by atoms with Crippen LogP contribution in [0.15, 0.2) is 41.3 Å². The molecule has 0 heterocycles. The zero-order valence-corrected chi connectivity index (χ0v) is 17.3. The number of nitrogens with zero attached hydrogens (tertiary/aromatic N) is 1. The number of anilines is 1. The lowest BCUT2D eigenvalue weighted by atomic mass is 9.86. The van der Waals surface area contributed by atoms with E-state index in [2.05, 4.69) is 23.7 Å². The third-order valence-corrected chi connectivity index (χ3v) is 6.77. The Labute approximate surface area is 162 Å². The van der Waals surface area contributed by atoms with Gasteiger partial charge in [0.1, 0.15) is 5.75 Å². The Morgan fingerprint density at radius 1 is 1.11 bits per heavy atom. The molecule has 1 aliphatic carbocycles. The van der Waals surface area contributed by atoms with Crippen molar-refractivity contribution in [3.8, 4) is 5.75 Å². The average Bonchev–Trinajstić information content (AvgIpc) is 2.67. The van der Waals surface area contributed by atoms with Crippen LogP contribution in [0.5, 0.6) is 5.75 Å². The monoisotopic (exact) mass is 388 g/mol. The smallest absolute Gasteiger partial charge is 0.261 e.